The molecule has 1 aromatic heterocycles. The van der Waals surface area contributed by atoms with Crippen molar-refractivity contribution in [3.8, 4) is 11.3 Å². The standard InChI is InChI=1S/C20H16FN3O4S/c1-11-3-4-13(9-12(11)2)17-7-8-18(28-17)19(25)23-20(29)22-14-5-6-15(21)16(10-14)24(26)27/h3-10H,1-2H3,(H2,22,23,25,29). The Morgan fingerprint density at radius 3 is 2.55 bits per heavy atom. The van der Waals surface area contributed by atoms with E-state index in [1.807, 2.05) is 32.0 Å². The average Bonchev–Trinajstić information content (AvgIpc) is 3.15. The molecule has 7 nitrogen and oxygen atoms in total. The van der Waals surface area contributed by atoms with Crippen LogP contribution in [-0.2, 0) is 0 Å². The van der Waals surface area contributed by atoms with Crippen molar-refractivity contribution >= 4 is 34.6 Å². The smallest absolute Gasteiger partial charge is 0.306 e. The molecule has 0 spiro atoms. The summed E-state index contributed by atoms with van der Waals surface area (Å²) >= 11 is 5.04. The molecule has 0 saturated carbocycles. The van der Waals surface area contributed by atoms with Gasteiger partial charge < -0.3 is 9.73 Å². The van der Waals surface area contributed by atoms with Crippen molar-refractivity contribution in [2.75, 3.05) is 5.32 Å². The van der Waals surface area contributed by atoms with Gasteiger partial charge in [-0.05, 0) is 67.5 Å². The van der Waals surface area contributed by atoms with Crippen LogP contribution in [0.15, 0.2) is 52.9 Å². The zero-order chi connectivity index (χ0) is 21.1. The quantitative estimate of drug-likeness (QED) is 0.364. The van der Waals surface area contributed by atoms with Crippen molar-refractivity contribution in [1.82, 2.24) is 5.32 Å². The third kappa shape index (κ3) is 4.64. The van der Waals surface area contributed by atoms with Crippen LogP contribution in [0.3, 0.4) is 0 Å². The fourth-order valence-electron chi connectivity index (χ4n) is 2.57. The van der Waals surface area contributed by atoms with Crippen molar-refractivity contribution in [1.29, 1.82) is 0 Å². The molecule has 0 bridgehead atoms. The van der Waals surface area contributed by atoms with E-state index >= 15 is 0 Å². The molecule has 2 aromatic carbocycles. The largest absolute Gasteiger partial charge is 0.451 e. The third-order valence-electron chi connectivity index (χ3n) is 4.25. The molecule has 2 N–H and O–H groups in total. The molecule has 0 radical (unpaired) electrons. The summed E-state index contributed by atoms with van der Waals surface area (Å²) in [7, 11) is 0. The molecule has 0 fully saturated rings. The molecule has 1 amide bonds. The molecule has 148 valence electrons. The predicted molar refractivity (Wildman–Crippen MR) is 110 cm³/mol. The predicted octanol–water partition coefficient (Wildman–Crippen LogP) is 4.74. The summed E-state index contributed by atoms with van der Waals surface area (Å²) < 4.78 is 19.0. The number of rotatable bonds is 4. The summed E-state index contributed by atoms with van der Waals surface area (Å²) in [5.41, 5.74) is 2.55. The number of nitrogens with one attached hydrogen (secondary N) is 2. The van der Waals surface area contributed by atoms with Gasteiger partial charge in [-0.3, -0.25) is 20.2 Å². The monoisotopic (exact) mass is 413 g/mol. The van der Waals surface area contributed by atoms with Crippen molar-refractivity contribution in [3.05, 3.63) is 81.3 Å². The number of carbonyl (C=O) groups is 1. The van der Waals surface area contributed by atoms with Gasteiger partial charge in [-0.15, -0.1) is 0 Å². The van der Waals surface area contributed by atoms with E-state index in [1.54, 1.807) is 6.07 Å². The zero-order valence-corrected chi connectivity index (χ0v) is 16.3. The highest BCUT2D eigenvalue weighted by atomic mass is 32.1. The van der Waals surface area contributed by atoms with E-state index < -0.39 is 22.3 Å². The first-order valence-electron chi connectivity index (χ1n) is 8.48. The first kappa shape index (κ1) is 20.2. The van der Waals surface area contributed by atoms with E-state index in [4.69, 9.17) is 16.6 Å². The lowest BCUT2D eigenvalue weighted by molar-refractivity contribution is -0.387. The Labute approximate surface area is 170 Å². The Morgan fingerprint density at radius 1 is 1.10 bits per heavy atom. The summed E-state index contributed by atoms with van der Waals surface area (Å²) in [6, 6.07) is 12.2. The first-order chi connectivity index (χ1) is 13.7. The number of nitrogens with zero attached hydrogens (tertiary/aromatic N) is 1. The van der Waals surface area contributed by atoms with Crippen molar-refractivity contribution in [2.45, 2.75) is 13.8 Å². The summed E-state index contributed by atoms with van der Waals surface area (Å²) in [6.07, 6.45) is 0. The minimum Gasteiger partial charge on any atom is -0.451 e. The van der Waals surface area contributed by atoms with Gasteiger partial charge in [0.2, 0.25) is 5.82 Å². The second-order valence-corrected chi connectivity index (χ2v) is 6.70. The topological polar surface area (TPSA) is 97.4 Å². The maximum absolute atomic E-state index is 13.4. The van der Waals surface area contributed by atoms with Crippen molar-refractivity contribution in [2.24, 2.45) is 0 Å². The highest BCUT2D eigenvalue weighted by Gasteiger charge is 2.17. The van der Waals surface area contributed by atoms with Gasteiger partial charge in [-0.1, -0.05) is 12.1 Å². The normalized spacial score (nSPS) is 10.4. The first-order valence-corrected chi connectivity index (χ1v) is 8.89. The minimum atomic E-state index is -0.968. The maximum atomic E-state index is 13.4. The number of anilines is 1. The number of nitro groups is 1. The van der Waals surface area contributed by atoms with E-state index in [2.05, 4.69) is 10.6 Å². The molecule has 29 heavy (non-hydrogen) atoms. The van der Waals surface area contributed by atoms with Gasteiger partial charge in [0, 0.05) is 17.3 Å². The molecule has 0 aliphatic rings. The van der Waals surface area contributed by atoms with Crippen LogP contribution in [0, 0.1) is 29.8 Å². The number of benzene rings is 2. The average molecular weight is 413 g/mol. The fraction of sp³-hybridized carbons (Fsp3) is 0.100. The van der Waals surface area contributed by atoms with Gasteiger partial charge in [0.1, 0.15) is 5.76 Å². The van der Waals surface area contributed by atoms with Gasteiger partial charge in [-0.25, -0.2) is 0 Å². The molecule has 3 rings (SSSR count). The lowest BCUT2D eigenvalue weighted by atomic mass is 10.1. The van der Waals surface area contributed by atoms with Crippen LogP contribution in [0.25, 0.3) is 11.3 Å². The van der Waals surface area contributed by atoms with E-state index in [0.717, 1.165) is 28.8 Å². The SMILES string of the molecule is Cc1ccc(-c2ccc(C(=O)NC(=S)Nc3ccc(F)c([N+](=O)[O-])c3)o2)cc1C. The Kier molecular flexibility index (Phi) is 5.69. The second-order valence-electron chi connectivity index (χ2n) is 6.29. The molecule has 0 unspecified atom stereocenters. The summed E-state index contributed by atoms with van der Waals surface area (Å²) in [4.78, 5) is 22.3. The number of furan rings is 1. The fourth-order valence-corrected chi connectivity index (χ4v) is 2.78. The van der Waals surface area contributed by atoms with Gasteiger partial charge in [0.25, 0.3) is 5.91 Å². The summed E-state index contributed by atoms with van der Waals surface area (Å²) in [6.45, 7) is 3.99. The van der Waals surface area contributed by atoms with Crippen LogP contribution in [0.4, 0.5) is 15.8 Å². The summed E-state index contributed by atoms with van der Waals surface area (Å²) in [5, 5.41) is 15.7. The van der Waals surface area contributed by atoms with Gasteiger partial charge in [-0.2, -0.15) is 4.39 Å². The van der Waals surface area contributed by atoms with Crippen LogP contribution in [-0.4, -0.2) is 15.9 Å². The molecule has 0 aliphatic carbocycles. The summed E-state index contributed by atoms with van der Waals surface area (Å²) in [5.74, 6) is -0.974. The maximum Gasteiger partial charge on any atom is 0.306 e. The number of hydrogen-bond donors (Lipinski definition) is 2. The molecular formula is C20H16FN3O4S. The number of halogens is 1. The van der Waals surface area contributed by atoms with Crippen LogP contribution in [0.5, 0.6) is 0 Å². The van der Waals surface area contributed by atoms with Crippen molar-refractivity contribution in [3.63, 3.8) is 0 Å². The highest BCUT2D eigenvalue weighted by Crippen LogP contribution is 2.25. The molecule has 0 atom stereocenters. The van der Waals surface area contributed by atoms with Crippen LogP contribution in [0.2, 0.25) is 0 Å². The minimum absolute atomic E-state index is 0.0486. The number of nitro benzene ring substituents is 1. The zero-order valence-electron chi connectivity index (χ0n) is 15.5. The molecule has 9 heteroatoms. The van der Waals surface area contributed by atoms with E-state index in [9.17, 15) is 19.3 Å². The van der Waals surface area contributed by atoms with Crippen LogP contribution < -0.4 is 10.6 Å². The molecule has 0 saturated heterocycles. The number of hydrogen-bond acceptors (Lipinski definition) is 5. The lowest BCUT2D eigenvalue weighted by Gasteiger charge is -2.08. The number of aryl methyl sites for hydroxylation is 2. The van der Waals surface area contributed by atoms with Crippen LogP contribution >= 0.6 is 12.2 Å². The Bertz CT molecular complexity index is 1130. The number of thiocarbonyl (C=S) groups is 1. The van der Waals surface area contributed by atoms with Gasteiger partial charge in [0.05, 0.1) is 4.92 Å². The Morgan fingerprint density at radius 2 is 1.86 bits per heavy atom. The lowest BCUT2D eigenvalue weighted by Crippen LogP contribution is -2.33. The Hall–Kier alpha value is -3.59. The Balaban J connectivity index is 1.68. The molecule has 0 aliphatic heterocycles. The highest BCUT2D eigenvalue weighted by molar-refractivity contribution is 7.80. The third-order valence-corrected chi connectivity index (χ3v) is 4.45. The number of amides is 1. The van der Waals surface area contributed by atoms with Gasteiger partial charge >= 0.3 is 5.69 Å². The second kappa shape index (κ2) is 8.19. The van der Waals surface area contributed by atoms with E-state index in [1.165, 1.54) is 12.1 Å². The van der Waals surface area contributed by atoms with E-state index in [-0.39, 0.29) is 16.6 Å². The molecule has 3 aromatic rings. The van der Waals surface area contributed by atoms with Crippen molar-refractivity contribution < 1.29 is 18.5 Å². The molecule has 1 heterocycles. The number of carbonyl (C=O) groups excluding carboxylic acids is 1. The molecular weight excluding hydrogens is 397 g/mol. The van der Waals surface area contributed by atoms with E-state index in [0.29, 0.717) is 5.76 Å². The van der Waals surface area contributed by atoms with Crippen LogP contribution in [0.1, 0.15) is 21.7 Å². The van der Waals surface area contributed by atoms with Gasteiger partial charge in [0.15, 0.2) is 10.9 Å².